The minimum Gasteiger partial charge on any atom is -0.337 e. The molecular weight excluding hydrogens is 420 g/mol. The summed E-state index contributed by atoms with van der Waals surface area (Å²) in [6, 6.07) is 12.8. The Hall–Kier alpha value is -2.32. The number of hydrogen-bond donors (Lipinski definition) is 1. The first-order valence-corrected chi connectivity index (χ1v) is 10.3. The number of rotatable bonds is 4. The highest BCUT2D eigenvalue weighted by molar-refractivity contribution is 7.99. The average Bonchev–Trinajstić information content (AvgIpc) is 2.96. The van der Waals surface area contributed by atoms with Crippen molar-refractivity contribution in [1.82, 2.24) is 9.80 Å². The number of urea groups is 1. The quantitative estimate of drug-likeness (QED) is 0.679. The van der Waals surface area contributed by atoms with Crippen LogP contribution in [0, 0.1) is 0 Å². The molecule has 5 nitrogen and oxygen atoms in total. The zero-order valence-electron chi connectivity index (χ0n) is 15.5. The van der Waals surface area contributed by atoms with E-state index < -0.39 is 5.76 Å². The molecule has 0 aliphatic carbocycles. The topological polar surface area (TPSA) is 52.7 Å². The van der Waals surface area contributed by atoms with E-state index in [1.807, 2.05) is 0 Å². The van der Waals surface area contributed by atoms with Gasteiger partial charge in [0.1, 0.15) is 0 Å². The molecule has 1 saturated heterocycles. The first-order chi connectivity index (χ1) is 13.9. The van der Waals surface area contributed by atoms with Crippen LogP contribution < -0.4 is 5.32 Å². The van der Waals surface area contributed by atoms with Gasteiger partial charge in [-0.25, -0.2) is 4.79 Å². The summed E-state index contributed by atoms with van der Waals surface area (Å²) in [5, 5.41) is 3.42. The van der Waals surface area contributed by atoms with Crippen LogP contribution in [-0.4, -0.2) is 53.7 Å². The highest BCUT2D eigenvalue weighted by Gasteiger charge is 2.23. The third kappa shape index (κ3) is 6.08. The van der Waals surface area contributed by atoms with Crippen molar-refractivity contribution in [2.45, 2.75) is 17.1 Å². The van der Waals surface area contributed by atoms with Crippen molar-refractivity contribution in [1.29, 1.82) is 0 Å². The van der Waals surface area contributed by atoms with E-state index in [1.165, 1.54) is 12.1 Å². The molecule has 3 amide bonds. The van der Waals surface area contributed by atoms with Gasteiger partial charge in [-0.2, -0.15) is 8.78 Å². The zero-order chi connectivity index (χ0) is 20.8. The molecule has 0 saturated carbocycles. The number of carbonyl (C=O) groups excluding carboxylic acids is 2. The van der Waals surface area contributed by atoms with E-state index >= 15 is 0 Å². The standard InChI is InChI=1S/C20H20ClF2N3O2S/c21-15-4-6-16(7-5-15)24-20(28)26-11-1-10-25(12-13-26)18(27)14-2-8-17(9-3-14)29-19(22)23/h2-9,19H,1,10-13H2,(H,24,28). The predicted molar refractivity (Wildman–Crippen MR) is 111 cm³/mol. The maximum absolute atomic E-state index is 12.7. The van der Waals surface area contributed by atoms with E-state index in [0.717, 1.165) is 0 Å². The second-order valence-electron chi connectivity index (χ2n) is 6.47. The van der Waals surface area contributed by atoms with Crippen molar-refractivity contribution in [2.24, 2.45) is 0 Å². The van der Waals surface area contributed by atoms with Crippen molar-refractivity contribution in [3.05, 3.63) is 59.1 Å². The number of carbonyl (C=O) groups is 2. The summed E-state index contributed by atoms with van der Waals surface area (Å²) >= 11 is 6.30. The first-order valence-electron chi connectivity index (χ1n) is 9.08. The molecule has 1 heterocycles. The van der Waals surface area contributed by atoms with Gasteiger partial charge in [-0.3, -0.25) is 4.79 Å². The number of thioether (sulfide) groups is 1. The normalized spacial score (nSPS) is 14.6. The molecule has 2 aromatic rings. The first kappa shape index (κ1) is 21.4. The molecule has 3 rings (SSSR count). The van der Waals surface area contributed by atoms with Gasteiger partial charge in [0.15, 0.2) is 0 Å². The van der Waals surface area contributed by atoms with Gasteiger partial charge < -0.3 is 15.1 Å². The van der Waals surface area contributed by atoms with E-state index in [2.05, 4.69) is 5.32 Å². The maximum Gasteiger partial charge on any atom is 0.321 e. The average molecular weight is 440 g/mol. The fourth-order valence-corrected chi connectivity index (χ4v) is 3.65. The number of halogens is 3. The molecule has 0 bridgehead atoms. The SMILES string of the molecule is O=C(Nc1ccc(Cl)cc1)N1CCCN(C(=O)c2ccc(SC(F)F)cc2)CC1. The summed E-state index contributed by atoms with van der Waals surface area (Å²) in [5.74, 6) is -2.66. The Morgan fingerprint density at radius 1 is 0.931 bits per heavy atom. The van der Waals surface area contributed by atoms with Gasteiger partial charge >= 0.3 is 6.03 Å². The summed E-state index contributed by atoms with van der Waals surface area (Å²) in [5.41, 5.74) is 1.10. The second-order valence-corrected chi connectivity index (χ2v) is 7.97. The van der Waals surface area contributed by atoms with Gasteiger partial charge in [0.05, 0.1) is 0 Å². The van der Waals surface area contributed by atoms with Crippen LogP contribution in [0.2, 0.25) is 5.02 Å². The van der Waals surface area contributed by atoms with Gasteiger partial charge in [-0.15, -0.1) is 0 Å². The smallest absolute Gasteiger partial charge is 0.321 e. The Balaban J connectivity index is 1.56. The Bertz CT molecular complexity index is 850. The maximum atomic E-state index is 12.7. The van der Waals surface area contributed by atoms with E-state index in [4.69, 9.17) is 11.6 Å². The fourth-order valence-electron chi connectivity index (χ4n) is 3.02. The fraction of sp³-hybridized carbons (Fsp3) is 0.300. The molecule has 0 radical (unpaired) electrons. The lowest BCUT2D eigenvalue weighted by atomic mass is 10.2. The molecule has 0 unspecified atom stereocenters. The molecular formula is C20H20ClF2N3O2S. The zero-order valence-corrected chi connectivity index (χ0v) is 17.1. The molecule has 0 spiro atoms. The number of hydrogen-bond acceptors (Lipinski definition) is 3. The third-order valence-electron chi connectivity index (χ3n) is 4.49. The molecule has 154 valence electrons. The summed E-state index contributed by atoms with van der Waals surface area (Å²) in [4.78, 5) is 29.0. The van der Waals surface area contributed by atoms with Crippen molar-refractivity contribution < 1.29 is 18.4 Å². The molecule has 9 heteroatoms. The minimum atomic E-state index is -2.49. The highest BCUT2D eigenvalue weighted by Crippen LogP contribution is 2.25. The number of alkyl halides is 2. The van der Waals surface area contributed by atoms with Gasteiger partial charge in [0.25, 0.3) is 11.7 Å². The van der Waals surface area contributed by atoms with Crippen molar-refractivity contribution >= 4 is 41.0 Å². The molecule has 0 atom stereocenters. The van der Waals surface area contributed by atoms with Crippen LogP contribution in [0.5, 0.6) is 0 Å². The Kier molecular flexibility index (Phi) is 7.33. The van der Waals surface area contributed by atoms with Gasteiger partial charge in [0, 0.05) is 47.3 Å². The van der Waals surface area contributed by atoms with Crippen LogP contribution in [-0.2, 0) is 0 Å². The van der Waals surface area contributed by atoms with Crippen LogP contribution in [0.15, 0.2) is 53.4 Å². The summed E-state index contributed by atoms with van der Waals surface area (Å²) in [7, 11) is 0. The molecule has 2 aromatic carbocycles. The molecule has 1 aliphatic heterocycles. The van der Waals surface area contributed by atoms with E-state index in [1.54, 1.807) is 46.2 Å². The van der Waals surface area contributed by atoms with Crippen LogP contribution in [0.3, 0.4) is 0 Å². The molecule has 1 fully saturated rings. The largest absolute Gasteiger partial charge is 0.337 e. The van der Waals surface area contributed by atoms with Gasteiger partial charge in [0.2, 0.25) is 0 Å². The lowest BCUT2D eigenvalue weighted by Crippen LogP contribution is -2.39. The third-order valence-corrected chi connectivity index (χ3v) is 5.47. The van der Waals surface area contributed by atoms with E-state index in [9.17, 15) is 18.4 Å². The second kappa shape index (κ2) is 9.93. The van der Waals surface area contributed by atoms with Crippen molar-refractivity contribution in [3.8, 4) is 0 Å². The minimum absolute atomic E-state index is 0.168. The number of nitrogens with zero attached hydrogens (tertiary/aromatic N) is 2. The molecule has 1 N–H and O–H groups in total. The number of amides is 3. The molecule has 1 aliphatic rings. The molecule has 0 aromatic heterocycles. The van der Waals surface area contributed by atoms with Gasteiger partial charge in [-0.1, -0.05) is 23.4 Å². The lowest BCUT2D eigenvalue weighted by Gasteiger charge is -2.22. The van der Waals surface area contributed by atoms with E-state index in [0.29, 0.717) is 65.5 Å². The number of anilines is 1. The predicted octanol–water partition coefficient (Wildman–Crippen LogP) is 5.03. The Morgan fingerprint density at radius 3 is 2.21 bits per heavy atom. The van der Waals surface area contributed by atoms with Crippen LogP contribution >= 0.6 is 23.4 Å². The monoisotopic (exact) mass is 439 g/mol. The Morgan fingerprint density at radius 2 is 1.55 bits per heavy atom. The summed E-state index contributed by atoms with van der Waals surface area (Å²) in [6.45, 7) is 1.87. The van der Waals surface area contributed by atoms with Crippen molar-refractivity contribution in [3.63, 3.8) is 0 Å². The summed E-state index contributed by atoms with van der Waals surface area (Å²) in [6.07, 6.45) is 0.652. The Labute approximate surface area is 177 Å². The lowest BCUT2D eigenvalue weighted by molar-refractivity contribution is 0.0762. The summed E-state index contributed by atoms with van der Waals surface area (Å²) < 4.78 is 24.8. The van der Waals surface area contributed by atoms with Gasteiger partial charge in [-0.05, 0) is 55.0 Å². The highest BCUT2D eigenvalue weighted by atomic mass is 35.5. The van der Waals surface area contributed by atoms with Crippen LogP contribution in [0.25, 0.3) is 0 Å². The van der Waals surface area contributed by atoms with E-state index in [-0.39, 0.29) is 11.9 Å². The van der Waals surface area contributed by atoms with Crippen LogP contribution in [0.1, 0.15) is 16.8 Å². The number of nitrogens with one attached hydrogen (secondary N) is 1. The van der Waals surface area contributed by atoms with Crippen LogP contribution in [0.4, 0.5) is 19.3 Å². The molecule has 29 heavy (non-hydrogen) atoms. The van der Waals surface area contributed by atoms with Crippen molar-refractivity contribution in [2.75, 3.05) is 31.5 Å². The number of benzene rings is 2.